The van der Waals surface area contributed by atoms with Gasteiger partial charge in [0.15, 0.2) is 11.6 Å². The molecule has 5 heteroatoms. The van der Waals surface area contributed by atoms with E-state index >= 15 is 0 Å². The Morgan fingerprint density at radius 2 is 2.19 bits per heavy atom. The van der Waals surface area contributed by atoms with Crippen LogP contribution >= 0.6 is 0 Å². The molecule has 1 N–H and O–H groups in total. The first kappa shape index (κ1) is 12.4. The summed E-state index contributed by atoms with van der Waals surface area (Å²) in [6, 6.07) is 2.89. The molecule has 0 spiro atoms. The smallest absolute Gasteiger partial charge is 0.303 e. The summed E-state index contributed by atoms with van der Waals surface area (Å²) in [7, 11) is 0. The molecule has 0 heterocycles. The molecule has 1 rings (SSSR count). The number of carboxylic acids is 1. The maximum absolute atomic E-state index is 13.1. The molecular weight excluding hydrogens is 218 g/mol. The van der Waals surface area contributed by atoms with E-state index in [9.17, 15) is 13.6 Å². The number of carboxylic acid groups (broad SMARTS) is 1. The lowest BCUT2D eigenvalue weighted by Crippen LogP contribution is -2.14. The van der Waals surface area contributed by atoms with Gasteiger partial charge in [-0.05, 0) is 25.5 Å². The Bertz CT molecular complexity index is 379. The number of halogens is 2. The third-order valence-corrected chi connectivity index (χ3v) is 1.99. The van der Waals surface area contributed by atoms with Gasteiger partial charge in [0.05, 0.1) is 6.10 Å². The largest absolute Gasteiger partial charge is 0.488 e. The van der Waals surface area contributed by atoms with E-state index in [-0.39, 0.29) is 18.6 Å². The minimum atomic E-state index is -0.949. The molecule has 1 unspecified atom stereocenters. The van der Waals surface area contributed by atoms with Crippen molar-refractivity contribution in [3.63, 3.8) is 0 Å². The Morgan fingerprint density at radius 3 is 2.81 bits per heavy atom. The Balaban J connectivity index is 2.58. The van der Waals surface area contributed by atoms with Crippen molar-refractivity contribution in [2.24, 2.45) is 0 Å². The van der Waals surface area contributed by atoms with Crippen molar-refractivity contribution in [2.45, 2.75) is 25.9 Å². The van der Waals surface area contributed by atoms with E-state index in [0.717, 1.165) is 18.2 Å². The quantitative estimate of drug-likeness (QED) is 0.845. The molecule has 16 heavy (non-hydrogen) atoms. The molecule has 0 fully saturated rings. The molecule has 3 nitrogen and oxygen atoms in total. The Labute approximate surface area is 91.7 Å². The molecule has 0 saturated carbocycles. The monoisotopic (exact) mass is 230 g/mol. The third kappa shape index (κ3) is 3.84. The Morgan fingerprint density at radius 1 is 1.50 bits per heavy atom. The van der Waals surface area contributed by atoms with Gasteiger partial charge in [-0.1, -0.05) is 0 Å². The van der Waals surface area contributed by atoms with Gasteiger partial charge in [-0.25, -0.2) is 8.78 Å². The standard InChI is InChI=1S/C11H12F2O3/c1-7(2-5-11(14)15)16-10-6-8(12)3-4-9(10)13/h3-4,6-7H,2,5H2,1H3,(H,14,15). The second-order valence-corrected chi connectivity index (χ2v) is 3.44. The minimum Gasteiger partial charge on any atom is -0.488 e. The highest BCUT2D eigenvalue weighted by molar-refractivity contribution is 5.66. The van der Waals surface area contributed by atoms with E-state index in [1.54, 1.807) is 6.92 Å². The second-order valence-electron chi connectivity index (χ2n) is 3.44. The zero-order chi connectivity index (χ0) is 12.1. The molecule has 1 atom stereocenters. The van der Waals surface area contributed by atoms with Crippen LogP contribution < -0.4 is 4.74 Å². The fourth-order valence-corrected chi connectivity index (χ4v) is 1.17. The van der Waals surface area contributed by atoms with E-state index in [0.29, 0.717) is 0 Å². The molecule has 0 amide bonds. The SMILES string of the molecule is CC(CCC(=O)O)Oc1cc(F)ccc1F. The summed E-state index contributed by atoms with van der Waals surface area (Å²) in [6.45, 7) is 1.60. The van der Waals surface area contributed by atoms with Gasteiger partial charge in [-0.2, -0.15) is 0 Å². The molecule has 0 aromatic heterocycles. The van der Waals surface area contributed by atoms with Crippen LogP contribution in [0.25, 0.3) is 0 Å². The number of ether oxygens (including phenoxy) is 1. The predicted molar refractivity (Wildman–Crippen MR) is 53.3 cm³/mol. The van der Waals surface area contributed by atoms with Gasteiger partial charge in [0.2, 0.25) is 0 Å². The van der Waals surface area contributed by atoms with Gasteiger partial charge >= 0.3 is 5.97 Å². The normalized spacial score (nSPS) is 12.2. The summed E-state index contributed by atoms with van der Waals surface area (Å²) in [5.74, 6) is -2.40. The van der Waals surface area contributed by atoms with Crippen molar-refractivity contribution in [1.82, 2.24) is 0 Å². The highest BCUT2D eigenvalue weighted by Gasteiger charge is 2.11. The maximum Gasteiger partial charge on any atom is 0.303 e. The average Bonchev–Trinajstić information content (AvgIpc) is 2.20. The summed E-state index contributed by atoms with van der Waals surface area (Å²) in [4.78, 5) is 10.3. The topological polar surface area (TPSA) is 46.5 Å². The first-order valence-corrected chi connectivity index (χ1v) is 4.82. The molecule has 1 aromatic carbocycles. The molecule has 0 aliphatic rings. The van der Waals surface area contributed by atoms with Gasteiger partial charge in [-0.15, -0.1) is 0 Å². The van der Waals surface area contributed by atoms with Crippen molar-refractivity contribution >= 4 is 5.97 Å². The summed E-state index contributed by atoms with van der Waals surface area (Å²) >= 11 is 0. The first-order chi connectivity index (χ1) is 7.49. The number of benzene rings is 1. The third-order valence-electron chi connectivity index (χ3n) is 1.99. The molecule has 1 aromatic rings. The highest BCUT2D eigenvalue weighted by atomic mass is 19.1. The maximum atomic E-state index is 13.1. The molecular formula is C11H12F2O3. The van der Waals surface area contributed by atoms with Crippen LogP contribution in [-0.2, 0) is 4.79 Å². The fourth-order valence-electron chi connectivity index (χ4n) is 1.17. The summed E-state index contributed by atoms with van der Waals surface area (Å²) < 4.78 is 31.0. The summed E-state index contributed by atoms with van der Waals surface area (Å²) in [6.07, 6.45) is -0.309. The molecule has 0 aliphatic carbocycles. The van der Waals surface area contributed by atoms with Crippen LogP contribution in [-0.4, -0.2) is 17.2 Å². The van der Waals surface area contributed by atoms with Crippen molar-refractivity contribution in [3.8, 4) is 5.75 Å². The van der Waals surface area contributed by atoms with E-state index in [4.69, 9.17) is 9.84 Å². The summed E-state index contributed by atoms with van der Waals surface area (Å²) in [5, 5.41) is 8.44. The van der Waals surface area contributed by atoms with Crippen LogP contribution in [0.1, 0.15) is 19.8 Å². The lowest BCUT2D eigenvalue weighted by molar-refractivity contribution is -0.137. The molecule has 0 radical (unpaired) electrons. The second kappa shape index (κ2) is 5.44. The molecule has 0 bridgehead atoms. The van der Waals surface area contributed by atoms with Crippen LogP contribution in [0.5, 0.6) is 5.75 Å². The van der Waals surface area contributed by atoms with Gasteiger partial charge in [-0.3, -0.25) is 4.79 Å². The van der Waals surface area contributed by atoms with Crippen LogP contribution in [0, 0.1) is 11.6 Å². The van der Waals surface area contributed by atoms with Gasteiger partial charge < -0.3 is 9.84 Å². The number of carbonyl (C=O) groups is 1. The lowest BCUT2D eigenvalue weighted by atomic mass is 10.2. The molecule has 0 saturated heterocycles. The van der Waals surface area contributed by atoms with E-state index in [1.165, 1.54) is 0 Å². The number of rotatable bonds is 5. The van der Waals surface area contributed by atoms with Crippen LogP contribution in [0.2, 0.25) is 0 Å². The summed E-state index contributed by atoms with van der Waals surface area (Å²) in [5.41, 5.74) is 0. The van der Waals surface area contributed by atoms with Crippen molar-refractivity contribution in [2.75, 3.05) is 0 Å². The van der Waals surface area contributed by atoms with Crippen LogP contribution in [0.3, 0.4) is 0 Å². The zero-order valence-electron chi connectivity index (χ0n) is 8.74. The van der Waals surface area contributed by atoms with Crippen LogP contribution in [0.4, 0.5) is 8.78 Å². The van der Waals surface area contributed by atoms with E-state index in [2.05, 4.69) is 0 Å². The van der Waals surface area contributed by atoms with Gasteiger partial charge in [0.25, 0.3) is 0 Å². The Hall–Kier alpha value is -1.65. The van der Waals surface area contributed by atoms with Crippen molar-refractivity contribution < 1.29 is 23.4 Å². The number of hydrogen-bond donors (Lipinski definition) is 1. The first-order valence-electron chi connectivity index (χ1n) is 4.82. The predicted octanol–water partition coefficient (Wildman–Crippen LogP) is 2.60. The lowest BCUT2D eigenvalue weighted by Gasteiger charge is -2.14. The van der Waals surface area contributed by atoms with Crippen molar-refractivity contribution in [1.29, 1.82) is 0 Å². The van der Waals surface area contributed by atoms with Crippen LogP contribution in [0.15, 0.2) is 18.2 Å². The number of aliphatic carboxylic acids is 1. The van der Waals surface area contributed by atoms with Crippen molar-refractivity contribution in [3.05, 3.63) is 29.8 Å². The van der Waals surface area contributed by atoms with E-state index in [1.807, 2.05) is 0 Å². The highest BCUT2D eigenvalue weighted by Crippen LogP contribution is 2.20. The van der Waals surface area contributed by atoms with Gasteiger partial charge in [0, 0.05) is 12.5 Å². The fraction of sp³-hybridized carbons (Fsp3) is 0.364. The zero-order valence-corrected chi connectivity index (χ0v) is 8.74. The van der Waals surface area contributed by atoms with E-state index < -0.39 is 23.7 Å². The average molecular weight is 230 g/mol. The Kier molecular flexibility index (Phi) is 4.22. The molecule has 0 aliphatic heterocycles. The molecule has 88 valence electrons. The van der Waals surface area contributed by atoms with Gasteiger partial charge in [0.1, 0.15) is 5.82 Å². The minimum absolute atomic E-state index is 0.0713. The number of hydrogen-bond acceptors (Lipinski definition) is 2.